The van der Waals surface area contributed by atoms with E-state index < -0.39 is 22.8 Å². The average molecular weight is 352 g/mol. The van der Waals surface area contributed by atoms with E-state index >= 15 is 0 Å². The Morgan fingerprint density at radius 2 is 2.08 bits per heavy atom. The van der Waals surface area contributed by atoms with E-state index in [0.717, 1.165) is 11.8 Å². The van der Waals surface area contributed by atoms with Crippen LogP contribution < -0.4 is 15.6 Å². The van der Waals surface area contributed by atoms with Crippen molar-refractivity contribution in [1.82, 2.24) is 9.97 Å². The minimum Gasteiger partial charge on any atom is -0.462 e. The van der Waals surface area contributed by atoms with E-state index in [9.17, 15) is 13.8 Å². The Morgan fingerprint density at radius 3 is 2.67 bits per heavy atom. The molecule has 0 aliphatic rings. The van der Waals surface area contributed by atoms with Gasteiger partial charge in [-0.05, 0) is 24.6 Å². The summed E-state index contributed by atoms with van der Waals surface area (Å²) in [4.78, 5) is 29.8. The number of aromatic nitrogens is 2. The van der Waals surface area contributed by atoms with Crippen molar-refractivity contribution in [2.24, 2.45) is 0 Å². The molecule has 0 amide bonds. The Kier molecular flexibility index (Phi) is 6.04. The number of rotatable bonds is 7. The maximum atomic E-state index is 11.8. The maximum absolute atomic E-state index is 11.8. The lowest BCUT2D eigenvalue weighted by Gasteiger charge is -2.07. The zero-order valence-electron chi connectivity index (χ0n) is 12.7. The second-order valence-corrected chi connectivity index (χ2v) is 5.30. The minimum absolute atomic E-state index is 0.158. The van der Waals surface area contributed by atoms with E-state index in [1.807, 2.05) is 0 Å². The van der Waals surface area contributed by atoms with Crippen molar-refractivity contribution in [3.05, 3.63) is 51.9 Å². The van der Waals surface area contributed by atoms with Crippen LogP contribution in [0.15, 0.2) is 35.3 Å². The molecule has 0 saturated heterocycles. The van der Waals surface area contributed by atoms with Crippen molar-refractivity contribution in [2.45, 2.75) is 13.5 Å². The van der Waals surface area contributed by atoms with Gasteiger partial charge < -0.3 is 10.1 Å². The van der Waals surface area contributed by atoms with E-state index in [2.05, 4.69) is 20.0 Å². The molecular weight excluding hydrogens is 336 g/mol. The summed E-state index contributed by atoms with van der Waals surface area (Å²) in [6.45, 7) is 2.19. The molecule has 0 saturated carbocycles. The van der Waals surface area contributed by atoms with Gasteiger partial charge in [0.15, 0.2) is 0 Å². The van der Waals surface area contributed by atoms with Gasteiger partial charge in [0.1, 0.15) is 5.56 Å². The molecule has 1 aromatic heterocycles. The number of hydrogen-bond acceptors (Lipinski definition) is 6. The molecule has 0 aliphatic carbocycles. The fourth-order valence-corrected chi connectivity index (χ4v) is 2.15. The minimum atomic E-state index is -2.12. The molecule has 9 nitrogen and oxygen atoms in total. The molecule has 10 heteroatoms. The van der Waals surface area contributed by atoms with Crippen LogP contribution in [0.1, 0.15) is 22.8 Å². The lowest BCUT2D eigenvalue weighted by atomic mass is 10.2. The number of aromatic amines is 1. The van der Waals surface area contributed by atoms with Gasteiger partial charge in [-0.1, -0.05) is 12.1 Å². The number of hydrogen-bond donors (Lipinski definition) is 4. The molecule has 128 valence electrons. The normalized spacial score (nSPS) is 11.6. The topological polar surface area (TPSA) is 133 Å². The monoisotopic (exact) mass is 352 g/mol. The highest BCUT2D eigenvalue weighted by molar-refractivity contribution is 7.80. The van der Waals surface area contributed by atoms with Crippen LogP contribution >= 0.6 is 0 Å². The fourth-order valence-electron chi connectivity index (χ4n) is 1.82. The van der Waals surface area contributed by atoms with E-state index in [4.69, 9.17) is 9.29 Å². The van der Waals surface area contributed by atoms with Crippen molar-refractivity contribution in [3.63, 3.8) is 0 Å². The number of H-pyrrole nitrogens is 1. The lowest BCUT2D eigenvalue weighted by molar-refractivity contribution is 0.0523. The van der Waals surface area contributed by atoms with Gasteiger partial charge in [-0.3, -0.25) is 19.1 Å². The number of nitrogens with zero attached hydrogens (tertiary/aromatic N) is 1. The van der Waals surface area contributed by atoms with Gasteiger partial charge in [0.2, 0.25) is 5.95 Å². The van der Waals surface area contributed by atoms with Crippen LogP contribution in [0.2, 0.25) is 0 Å². The third-order valence-electron chi connectivity index (χ3n) is 2.91. The largest absolute Gasteiger partial charge is 0.462 e. The van der Waals surface area contributed by atoms with Crippen LogP contribution in [-0.2, 0) is 22.5 Å². The summed E-state index contributed by atoms with van der Waals surface area (Å²) in [7, 11) is 0. The first-order valence-corrected chi connectivity index (χ1v) is 8.07. The molecule has 2 rings (SSSR count). The van der Waals surface area contributed by atoms with Crippen molar-refractivity contribution in [3.8, 4) is 0 Å². The Bertz CT molecular complexity index is 790. The summed E-state index contributed by atoms with van der Waals surface area (Å²) < 4.78 is 26.4. The van der Waals surface area contributed by atoms with Gasteiger partial charge in [-0.2, -0.15) is 0 Å². The third kappa shape index (κ3) is 4.89. The Morgan fingerprint density at radius 1 is 1.38 bits per heavy atom. The van der Waals surface area contributed by atoms with Crippen molar-refractivity contribution in [2.75, 3.05) is 16.6 Å². The number of nitrogens with one attached hydrogen (secondary N) is 3. The molecule has 0 spiro atoms. The number of carbonyl (C=O) groups excluding carboxylic acids is 1. The van der Waals surface area contributed by atoms with Crippen molar-refractivity contribution < 1.29 is 18.3 Å². The molecule has 0 bridgehead atoms. The highest BCUT2D eigenvalue weighted by Gasteiger charge is 2.12. The van der Waals surface area contributed by atoms with E-state index in [1.165, 1.54) is 0 Å². The maximum Gasteiger partial charge on any atom is 0.345 e. The average Bonchev–Trinajstić information content (AvgIpc) is 2.54. The third-order valence-corrected chi connectivity index (χ3v) is 3.32. The first-order valence-electron chi connectivity index (χ1n) is 6.96. The summed E-state index contributed by atoms with van der Waals surface area (Å²) in [5, 5.41) is 2.91. The molecular formula is C14H16N4O5S. The summed E-state index contributed by atoms with van der Waals surface area (Å²) in [6.07, 6.45) is 1.16. The second-order valence-electron chi connectivity index (χ2n) is 4.60. The highest BCUT2D eigenvalue weighted by Crippen LogP contribution is 2.11. The number of anilines is 2. The summed E-state index contributed by atoms with van der Waals surface area (Å²) in [5.41, 5.74) is 0.622. The molecule has 1 atom stereocenters. The molecule has 0 aliphatic heterocycles. The molecule has 24 heavy (non-hydrogen) atoms. The molecule has 1 heterocycles. The first-order chi connectivity index (χ1) is 11.5. The van der Waals surface area contributed by atoms with Gasteiger partial charge in [0.25, 0.3) is 16.8 Å². The molecule has 0 fully saturated rings. The van der Waals surface area contributed by atoms with Crippen LogP contribution in [0.25, 0.3) is 0 Å². The van der Waals surface area contributed by atoms with Gasteiger partial charge in [-0.15, -0.1) is 0 Å². The number of ether oxygens (including phenoxy) is 1. The first kappa shape index (κ1) is 17.6. The molecule has 1 aromatic carbocycles. The van der Waals surface area contributed by atoms with Gasteiger partial charge in [-0.25, -0.2) is 14.0 Å². The van der Waals surface area contributed by atoms with Crippen LogP contribution in [0.5, 0.6) is 0 Å². The highest BCUT2D eigenvalue weighted by atomic mass is 32.2. The Balaban J connectivity index is 1.99. The summed E-state index contributed by atoms with van der Waals surface area (Å²) in [5.74, 6) is -0.506. The molecule has 2 aromatic rings. The second kappa shape index (κ2) is 8.22. The Labute approximate surface area is 139 Å². The predicted octanol–water partition coefficient (Wildman–Crippen LogP) is 1.11. The SMILES string of the molecule is CCOC(=O)c1cnc(NCc2ccc(NS(=O)O)cc2)[nH]c1=O. The van der Waals surface area contributed by atoms with Gasteiger partial charge in [0, 0.05) is 12.2 Å². The van der Waals surface area contributed by atoms with E-state index in [-0.39, 0.29) is 18.1 Å². The number of benzene rings is 1. The summed E-state index contributed by atoms with van der Waals surface area (Å²) >= 11 is -2.12. The van der Waals surface area contributed by atoms with Crippen LogP contribution in [0.3, 0.4) is 0 Å². The number of esters is 1. The predicted molar refractivity (Wildman–Crippen MR) is 89.0 cm³/mol. The van der Waals surface area contributed by atoms with Gasteiger partial charge >= 0.3 is 5.97 Å². The van der Waals surface area contributed by atoms with Gasteiger partial charge in [0.05, 0.1) is 12.8 Å². The Hall–Kier alpha value is -2.72. The molecule has 1 unspecified atom stereocenters. The molecule has 4 N–H and O–H groups in total. The van der Waals surface area contributed by atoms with Crippen LogP contribution in [0.4, 0.5) is 11.6 Å². The quantitative estimate of drug-likeness (QED) is 0.433. The zero-order chi connectivity index (χ0) is 17.5. The van der Waals surface area contributed by atoms with Crippen LogP contribution in [0, 0.1) is 0 Å². The standard InChI is InChI=1S/C14H16N4O5S/c1-2-23-13(20)11-8-16-14(17-12(11)19)15-7-9-3-5-10(6-4-9)18-24(21)22/h3-6,8,18H,2,7H2,1H3,(H,21,22)(H2,15,16,17,19). The number of carbonyl (C=O) groups is 1. The molecule has 0 radical (unpaired) electrons. The van der Waals surface area contributed by atoms with Crippen molar-refractivity contribution >= 4 is 28.9 Å². The van der Waals surface area contributed by atoms with E-state index in [0.29, 0.717) is 12.2 Å². The smallest absolute Gasteiger partial charge is 0.345 e. The zero-order valence-corrected chi connectivity index (χ0v) is 13.6. The van der Waals surface area contributed by atoms with Crippen LogP contribution in [-0.4, -0.2) is 31.3 Å². The summed E-state index contributed by atoms with van der Waals surface area (Å²) in [6, 6.07) is 6.77. The van der Waals surface area contributed by atoms with Crippen molar-refractivity contribution in [1.29, 1.82) is 0 Å². The fraction of sp³-hybridized carbons (Fsp3) is 0.214. The lowest BCUT2D eigenvalue weighted by Crippen LogP contribution is -2.22. The van der Waals surface area contributed by atoms with E-state index in [1.54, 1.807) is 31.2 Å².